The minimum Gasteiger partial charge on any atom is -0.207 e. The molecule has 0 bridgehead atoms. The third-order valence-corrected chi connectivity index (χ3v) is 3.86. The molecule has 1 aliphatic carbocycles. The molecule has 0 saturated heterocycles. The molecule has 0 aliphatic heterocycles. The van der Waals surface area contributed by atoms with E-state index in [-0.39, 0.29) is 11.2 Å². The summed E-state index contributed by atoms with van der Waals surface area (Å²) < 4.78 is 13.4. The zero-order valence-corrected chi connectivity index (χ0v) is 9.67. The monoisotopic (exact) mass is 226 g/mol. The van der Waals surface area contributed by atoms with E-state index in [1.807, 2.05) is 12.1 Å². The number of hydrogen-bond acceptors (Lipinski definition) is 0. The van der Waals surface area contributed by atoms with E-state index in [0.29, 0.717) is 12.3 Å². The van der Waals surface area contributed by atoms with E-state index in [1.54, 1.807) is 6.07 Å². The van der Waals surface area contributed by atoms with Crippen LogP contribution < -0.4 is 0 Å². The van der Waals surface area contributed by atoms with Crippen molar-refractivity contribution in [1.82, 2.24) is 0 Å². The number of benzene rings is 1. The lowest BCUT2D eigenvalue weighted by molar-refractivity contribution is 0.472. The van der Waals surface area contributed by atoms with Crippen molar-refractivity contribution in [3.05, 3.63) is 35.6 Å². The van der Waals surface area contributed by atoms with Gasteiger partial charge in [-0.3, -0.25) is 0 Å². The maximum Gasteiger partial charge on any atom is 0.126 e. The fourth-order valence-electron chi connectivity index (χ4n) is 1.98. The Labute approximate surface area is 95.4 Å². The number of alkyl halides is 1. The summed E-state index contributed by atoms with van der Waals surface area (Å²) in [6.45, 7) is 2.18. The van der Waals surface area contributed by atoms with Crippen LogP contribution in [0.5, 0.6) is 0 Å². The maximum absolute atomic E-state index is 13.4. The van der Waals surface area contributed by atoms with Gasteiger partial charge in [-0.2, -0.15) is 0 Å². The predicted molar refractivity (Wildman–Crippen MR) is 61.6 cm³/mol. The van der Waals surface area contributed by atoms with Crippen molar-refractivity contribution in [1.29, 1.82) is 0 Å². The van der Waals surface area contributed by atoms with Crippen molar-refractivity contribution in [2.45, 2.75) is 31.6 Å². The highest BCUT2D eigenvalue weighted by Gasteiger charge is 2.32. The molecule has 1 aromatic carbocycles. The first-order chi connectivity index (χ1) is 7.18. The molecule has 0 N–H and O–H groups in total. The molecule has 0 heterocycles. The molecule has 15 heavy (non-hydrogen) atoms. The summed E-state index contributed by atoms with van der Waals surface area (Å²) in [4.78, 5) is 0. The average molecular weight is 227 g/mol. The van der Waals surface area contributed by atoms with Crippen LogP contribution >= 0.6 is 11.6 Å². The highest BCUT2D eigenvalue weighted by atomic mass is 35.5. The van der Waals surface area contributed by atoms with E-state index in [4.69, 9.17) is 11.6 Å². The number of hydrogen-bond donors (Lipinski definition) is 0. The summed E-state index contributed by atoms with van der Waals surface area (Å²) in [7, 11) is 0. The van der Waals surface area contributed by atoms with Gasteiger partial charge in [0.05, 0.1) is 0 Å². The van der Waals surface area contributed by atoms with Crippen LogP contribution in [0.2, 0.25) is 0 Å². The van der Waals surface area contributed by atoms with Gasteiger partial charge in [0, 0.05) is 5.38 Å². The van der Waals surface area contributed by atoms with Crippen molar-refractivity contribution in [2.24, 2.45) is 11.8 Å². The molecule has 0 radical (unpaired) electrons. The lowest BCUT2D eigenvalue weighted by atomic mass is 9.96. The molecule has 2 rings (SSSR count). The Bertz CT molecular complexity index is 333. The summed E-state index contributed by atoms with van der Waals surface area (Å²) in [5.74, 6) is 1.15. The molecule has 2 atom stereocenters. The van der Waals surface area contributed by atoms with Gasteiger partial charge in [-0.25, -0.2) is 4.39 Å². The summed E-state index contributed by atoms with van der Waals surface area (Å²) in [5, 5.41) is 0.0643. The fourth-order valence-corrected chi connectivity index (χ4v) is 2.35. The molecule has 0 aromatic heterocycles. The smallest absolute Gasteiger partial charge is 0.126 e. The summed E-state index contributed by atoms with van der Waals surface area (Å²) in [6, 6.07) is 6.90. The lowest BCUT2D eigenvalue weighted by Gasteiger charge is -2.17. The lowest BCUT2D eigenvalue weighted by Crippen LogP contribution is -2.16. The van der Waals surface area contributed by atoms with Gasteiger partial charge in [-0.1, -0.05) is 25.1 Å². The van der Waals surface area contributed by atoms with Crippen LogP contribution in [0, 0.1) is 17.7 Å². The van der Waals surface area contributed by atoms with Crippen molar-refractivity contribution in [3.8, 4) is 0 Å². The molecule has 2 heteroatoms. The highest BCUT2D eigenvalue weighted by Crippen LogP contribution is 2.40. The van der Waals surface area contributed by atoms with Gasteiger partial charge >= 0.3 is 0 Å². The molecule has 0 spiro atoms. The minimum atomic E-state index is -0.133. The number of rotatable bonds is 4. The van der Waals surface area contributed by atoms with Gasteiger partial charge < -0.3 is 0 Å². The number of halogens is 2. The van der Waals surface area contributed by atoms with Crippen LogP contribution in [0.3, 0.4) is 0 Å². The Morgan fingerprint density at radius 3 is 2.67 bits per heavy atom. The van der Waals surface area contributed by atoms with Gasteiger partial charge in [0.15, 0.2) is 0 Å². The van der Waals surface area contributed by atoms with Crippen LogP contribution in [0.1, 0.15) is 25.3 Å². The predicted octanol–water partition coefficient (Wildman–Crippen LogP) is 4.02. The van der Waals surface area contributed by atoms with Gasteiger partial charge in [-0.15, -0.1) is 11.6 Å². The first-order valence-corrected chi connectivity index (χ1v) is 5.99. The average Bonchev–Trinajstić information content (AvgIpc) is 3.04. The quantitative estimate of drug-likeness (QED) is 0.681. The molecule has 1 fully saturated rings. The summed E-state index contributed by atoms with van der Waals surface area (Å²) in [6.07, 6.45) is 3.23. The first-order valence-electron chi connectivity index (χ1n) is 5.56. The molecule has 2 unspecified atom stereocenters. The molecule has 0 amide bonds. The van der Waals surface area contributed by atoms with E-state index in [0.717, 1.165) is 11.5 Å². The summed E-state index contributed by atoms with van der Waals surface area (Å²) in [5.41, 5.74) is 0.741. The normalized spacial score (nSPS) is 19.9. The molecular formula is C13H16ClF. The molecule has 1 aromatic rings. The Morgan fingerprint density at radius 1 is 1.40 bits per heavy atom. The minimum absolute atomic E-state index is 0.0643. The van der Waals surface area contributed by atoms with Crippen LogP contribution in [0.4, 0.5) is 4.39 Å². The van der Waals surface area contributed by atoms with Crippen molar-refractivity contribution in [3.63, 3.8) is 0 Å². The Hall–Kier alpha value is -0.560. The molecular weight excluding hydrogens is 211 g/mol. The Balaban J connectivity index is 1.98. The first kappa shape index (κ1) is 10.9. The van der Waals surface area contributed by atoms with Gasteiger partial charge in [0.25, 0.3) is 0 Å². The third kappa shape index (κ3) is 2.72. The molecule has 1 aliphatic rings. The van der Waals surface area contributed by atoms with Gasteiger partial charge in [0.1, 0.15) is 5.82 Å². The van der Waals surface area contributed by atoms with E-state index in [9.17, 15) is 4.39 Å². The van der Waals surface area contributed by atoms with Gasteiger partial charge in [-0.05, 0) is 42.7 Å². The SMILES string of the molecule is CC(C(Cl)Cc1ccccc1F)C1CC1. The second kappa shape index (κ2) is 4.52. The summed E-state index contributed by atoms with van der Waals surface area (Å²) >= 11 is 6.31. The second-order valence-electron chi connectivity index (χ2n) is 4.51. The van der Waals surface area contributed by atoms with E-state index >= 15 is 0 Å². The van der Waals surface area contributed by atoms with Crippen LogP contribution in [0.25, 0.3) is 0 Å². The van der Waals surface area contributed by atoms with E-state index in [1.165, 1.54) is 18.9 Å². The van der Waals surface area contributed by atoms with Crippen molar-refractivity contribution < 1.29 is 4.39 Å². The second-order valence-corrected chi connectivity index (χ2v) is 5.07. The zero-order chi connectivity index (χ0) is 10.8. The van der Waals surface area contributed by atoms with E-state index in [2.05, 4.69) is 6.92 Å². The largest absolute Gasteiger partial charge is 0.207 e. The highest BCUT2D eigenvalue weighted by molar-refractivity contribution is 6.20. The molecule has 1 saturated carbocycles. The van der Waals surface area contributed by atoms with Crippen molar-refractivity contribution >= 4 is 11.6 Å². The topological polar surface area (TPSA) is 0 Å². The van der Waals surface area contributed by atoms with Crippen LogP contribution in [0.15, 0.2) is 24.3 Å². The molecule has 0 nitrogen and oxygen atoms in total. The third-order valence-electron chi connectivity index (χ3n) is 3.31. The zero-order valence-electron chi connectivity index (χ0n) is 8.92. The maximum atomic E-state index is 13.4. The van der Waals surface area contributed by atoms with Crippen LogP contribution in [-0.4, -0.2) is 5.38 Å². The Kier molecular flexibility index (Phi) is 3.30. The van der Waals surface area contributed by atoms with E-state index < -0.39 is 0 Å². The standard InChI is InChI=1S/C13H16ClF/c1-9(10-6-7-10)12(14)8-11-4-2-3-5-13(11)15/h2-5,9-10,12H,6-8H2,1H3. The fraction of sp³-hybridized carbons (Fsp3) is 0.538. The van der Waals surface area contributed by atoms with Crippen LogP contribution in [-0.2, 0) is 6.42 Å². The Morgan fingerprint density at radius 2 is 2.07 bits per heavy atom. The molecule has 82 valence electrons. The van der Waals surface area contributed by atoms with Crippen molar-refractivity contribution in [2.75, 3.05) is 0 Å². The van der Waals surface area contributed by atoms with Gasteiger partial charge in [0.2, 0.25) is 0 Å².